The molecular formula is C13H29N3O. The third kappa shape index (κ3) is 4.92. The molecule has 1 rings (SSSR count). The summed E-state index contributed by atoms with van der Waals surface area (Å²) in [5, 5.41) is 12.3. The Labute approximate surface area is 106 Å². The third-order valence-corrected chi connectivity index (χ3v) is 3.95. The molecule has 1 aliphatic rings. The number of aliphatic hydroxyl groups excluding tert-OH is 1. The van der Waals surface area contributed by atoms with E-state index < -0.39 is 0 Å². The molecule has 1 heterocycles. The number of piperidine rings is 1. The fourth-order valence-corrected chi connectivity index (χ4v) is 2.59. The van der Waals surface area contributed by atoms with Gasteiger partial charge in [-0.1, -0.05) is 13.8 Å². The Balaban J connectivity index is 2.33. The molecule has 0 aromatic heterocycles. The Morgan fingerprint density at radius 1 is 1.53 bits per heavy atom. The van der Waals surface area contributed by atoms with Crippen molar-refractivity contribution in [3.63, 3.8) is 0 Å². The first-order valence-electron chi connectivity index (χ1n) is 6.71. The second kappa shape index (κ2) is 6.69. The molecule has 0 radical (unpaired) electrons. The van der Waals surface area contributed by atoms with Crippen LogP contribution in [0.15, 0.2) is 0 Å². The van der Waals surface area contributed by atoms with Crippen LogP contribution in [0.5, 0.6) is 0 Å². The molecule has 4 nitrogen and oxygen atoms in total. The lowest BCUT2D eigenvalue weighted by Gasteiger charge is -2.40. The smallest absolute Gasteiger partial charge is 0.0594 e. The first-order chi connectivity index (χ1) is 7.95. The van der Waals surface area contributed by atoms with Gasteiger partial charge in [-0.15, -0.1) is 0 Å². The predicted octanol–water partition coefficient (Wildman–Crippen LogP) is 0.264. The van der Waals surface area contributed by atoms with Crippen molar-refractivity contribution >= 4 is 0 Å². The van der Waals surface area contributed by atoms with E-state index in [0.29, 0.717) is 12.0 Å². The number of nitrogens with one attached hydrogen (secondary N) is 1. The van der Waals surface area contributed by atoms with E-state index in [9.17, 15) is 0 Å². The summed E-state index contributed by atoms with van der Waals surface area (Å²) in [5.41, 5.74) is 5.98. The Kier molecular flexibility index (Phi) is 5.86. The fourth-order valence-electron chi connectivity index (χ4n) is 2.59. The SMILES string of the molecule is CN1CCCC(C(C)(C)CNCC(N)CO)C1. The topological polar surface area (TPSA) is 61.5 Å². The van der Waals surface area contributed by atoms with E-state index in [4.69, 9.17) is 10.8 Å². The Morgan fingerprint density at radius 2 is 2.24 bits per heavy atom. The minimum absolute atomic E-state index is 0.0552. The molecule has 0 bridgehead atoms. The van der Waals surface area contributed by atoms with Gasteiger partial charge in [0.2, 0.25) is 0 Å². The highest BCUT2D eigenvalue weighted by Gasteiger charge is 2.31. The number of likely N-dealkylation sites (tertiary alicyclic amines) is 1. The van der Waals surface area contributed by atoms with E-state index in [1.807, 2.05) is 0 Å². The van der Waals surface area contributed by atoms with Gasteiger partial charge in [-0.05, 0) is 37.8 Å². The second-order valence-electron chi connectivity index (χ2n) is 6.16. The number of rotatable bonds is 6. The van der Waals surface area contributed by atoms with Gasteiger partial charge in [0.25, 0.3) is 0 Å². The van der Waals surface area contributed by atoms with E-state index in [1.54, 1.807) is 0 Å². The molecule has 1 fully saturated rings. The highest BCUT2D eigenvalue weighted by molar-refractivity contribution is 4.85. The van der Waals surface area contributed by atoms with Crippen LogP contribution in [-0.4, -0.2) is 55.9 Å². The van der Waals surface area contributed by atoms with Crippen LogP contribution in [0.2, 0.25) is 0 Å². The zero-order chi connectivity index (χ0) is 12.9. The predicted molar refractivity (Wildman–Crippen MR) is 71.9 cm³/mol. The molecule has 4 heteroatoms. The molecular weight excluding hydrogens is 214 g/mol. The van der Waals surface area contributed by atoms with E-state index in [2.05, 4.69) is 31.1 Å². The summed E-state index contributed by atoms with van der Waals surface area (Å²) < 4.78 is 0. The average Bonchev–Trinajstić information content (AvgIpc) is 2.28. The summed E-state index contributed by atoms with van der Waals surface area (Å²) in [6.45, 7) is 8.81. The molecule has 1 saturated heterocycles. The molecule has 0 amide bonds. The van der Waals surface area contributed by atoms with E-state index in [1.165, 1.54) is 25.9 Å². The van der Waals surface area contributed by atoms with E-state index in [0.717, 1.165) is 12.5 Å². The molecule has 0 aromatic carbocycles. The monoisotopic (exact) mass is 243 g/mol. The lowest BCUT2D eigenvalue weighted by atomic mass is 9.74. The maximum atomic E-state index is 8.88. The lowest BCUT2D eigenvalue weighted by molar-refractivity contribution is 0.102. The number of aliphatic hydroxyl groups is 1. The van der Waals surface area contributed by atoms with Crippen LogP contribution >= 0.6 is 0 Å². The molecule has 4 N–H and O–H groups in total. The first kappa shape index (κ1) is 14.9. The van der Waals surface area contributed by atoms with Crippen LogP contribution in [0.4, 0.5) is 0 Å². The zero-order valence-electron chi connectivity index (χ0n) is 11.6. The molecule has 2 unspecified atom stereocenters. The highest BCUT2D eigenvalue weighted by atomic mass is 16.3. The summed E-state index contributed by atoms with van der Waals surface area (Å²) in [7, 11) is 2.21. The molecule has 17 heavy (non-hydrogen) atoms. The number of hydrogen-bond acceptors (Lipinski definition) is 4. The van der Waals surface area contributed by atoms with Gasteiger partial charge in [0.1, 0.15) is 0 Å². The van der Waals surface area contributed by atoms with Crippen molar-refractivity contribution in [1.29, 1.82) is 0 Å². The van der Waals surface area contributed by atoms with Crippen LogP contribution in [-0.2, 0) is 0 Å². The molecule has 102 valence electrons. The van der Waals surface area contributed by atoms with Crippen molar-refractivity contribution < 1.29 is 5.11 Å². The normalized spacial score (nSPS) is 24.9. The van der Waals surface area contributed by atoms with Crippen LogP contribution in [0.3, 0.4) is 0 Å². The van der Waals surface area contributed by atoms with Crippen molar-refractivity contribution in [2.45, 2.75) is 32.7 Å². The Hall–Kier alpha value is -0.160. The van der Waals surface area contributed by atoms with Gasteiger partial charge in [-0.3, -0.25) is 0 Å². The summed E-state index contributed by atoms with van der Waals surface area (Å²) in [5.74, 6) is 0.749. The minimum Gasteiger partial charge on any atom is -0.395 e. The molecule has 2 atom stereocenters. The highest BCUT2D eigenvalue weighted by Crippen LogP contribution is 2.32. The second-order valence-corrected chi connectivity index (χ2v) is 6.16. The van der Waals surface area contributed by atoms with Gasteiger partial charge in [-0.2, -0.15) is 0 Å². The average molecular weight is 243 g/mol. The third-order valence-electron chi connectivity index (χ3n) is 3.95. The standard InChI is InChI=1S/C13H29N3O/c1-13(2,10-15-7-12(14)9-17)11-5-4-6-16(3)8-11/h11-12,15,17H,4-10,14H2,1-3H3. The number of nitrogens with two attached hydrogens (primary N) is 1. The van der Waals surface area contributed by atoms with Gasteiger partial charge in [0.05, 0.1) is 6.61 Å². The zero-order valence-corrected chi connectivity index (χ0v) is 11.6. The summed E-state index contributed by atoms with van der Waals surface area (Å²) in [6, 6.07) is -0.139. The van der Waals surface area contributed by atoms with Crippen LogP contribution in [0.1, 0.15) is 26.7 Å². The lowest BCUT2D eigenvalue weighted by Crippen LogP contribution is -2.46. The van der Waals surface area contributed by atoms with Crippen molar-refractivity contribution in [3.8, 4) is 0 Å². The van der Waals surface area contributed by atoms with Crippen LogP contribution in [0, 0.1) is 11.3 Å². The summed E-state index contributed by atoms with van der Waals surface area (Å²) in [4.78, 5) is 2.43. The quantitative estimate of drug-likeness (QED) is 0.626. The van der Waals surface area contributed by atoms with E-state index in [-0.39, 0.29) is 12.6 Å². The molecule has 0 saturated carbocycles. The molecule has 0 aromatic rings. The number of hydrogen-bond donors (Lipinski definition) is 3. The van der Waals surface area contributed by atoms with Crippen LogP contribution < -0.4 is 11.1 Å². The summed E-state index contributed by atoms with van der Waals surface area (Å²) in [6.07, 6.45) is 2.63. The van der Waals surface area contributed by atoms with Gasteiger partial charge in [0, 0.05) is 25.7 Å². The van der Waals surface area contributed by atoms with Gasteiger partial charge in [-0.25, -0.2) is 0 Å². The Morgan fingerprint density at radius 3 is 2.82 bits per heavy atom. The fraction of sp³-hybridized carbons (Fsp3) is 1.00. The van der Waals surface area contributed by atoms with Gasteiger partial charge >= 0.3 is 0 Å². The summed E-state index contributed by atoms with van der Waals surface area (Å²) >= 11 is 0. The van der Waals surface area contributed by atoms with Gasteiger partial charge < -0.3 is 21.1 Å². The molecule has 1 aliphatic heterocycles. The van der Waals surface area contributed by atoms with Crippen LogP contribution in [0.25, 0.3) is 0 Å². The van der Waals surface area contributed by atoms with E-state index >= 15 is 0 Å². The Bertz CT molecular complexity index is 221. The van der Waals surface area contributed by atoms with Crippen molar-refractivity contribution in [1.82, 2.24) is 10.2 Å². The van der Waals surface area contributed by atoms with Crippen molar-refractivity contribution in [3.05, 3.63) is 0 Å². The van der Waals surface area contributed by atoms with Crippen molar-refractivity contribution in [2.75, 3.05) is 39.8 Å². The van der Waals surface area contributed by atoms with Gasteiger partial charge in [0.15, 0.2) is 0 Å². The molecule has 0 aliphatic carbocycles. The van der Waals surface area contributed by atoms with Crippen molar-refractivity contribution in [2.24, 2.45) is 17.1 Å². The minimum atomic E-state index is -0.139. The maximum Gasteiger partial charge on any atom is 0.0594 e. The number of nitrogens with zero attached hydrogens (tertiary/aromatic N) is 1. The largest absolute Gasteiger partial charge is 0.395 e. The first-order valence-corrected chi connectivity index (χ1v) is 6.71. The molecule has 0 spiro atoms. The maximum absolute atomic E-state index is 8.88.